The molecule has 0 amide bonds. The SMILES string of the molecule is O=c1ccc(CN2Cc3cc(Cl)c4c(Cl)c[nH]c4c3NS2(=O)=O)c[nH]1. The second kappa shape index (κ2) is 5.77. The first-order valence-corrected chi connectivity index (χ1v) is 9.48. The number of fused-ring (bicyclic) bond motifs is 3. The van der Waals surface area contributed by atoms with Crippen molar-refractivity contribution in [2.24, 2.45) is 0 Å². The van der Waals surface area contributed by atoms with Gasteiger partial charge in [-0.1, -0.05) is 29.3 Å². The fraction of sp³-hybridized carbons (Fsp3) is 0.133. The molecule has 3 aromatic rings. The van der Waals surface area contributed by atoms with E-state index >= 15 is 0 Å². The zero-order chi connectivity index (χ0) is 17.8. The van der Waals surface area contributed by atoms with Crippen LogP contribution in [-0.2, 0) is 23.3 Å². The highest BCUT2D eigenvalue weighted by Crippen LogP contribution is 2.40. The molecule has 1 aromatic carbocycles. The summed E-state index contributed by atoms with van der Waals surface area (Å²) in [5.41, 5.74) is 2.16. The van der Waals surface area contributed by atoms with Crippen LogP contribution in [0.25, 0.3) is 10.9 Å². The third kappa shape index (κ3) is 2.81. The smallest absolute Gasteiger partial charge is 0.302 e. The van der Waals surface area contributed by atoms with Crippen molar-refractivity contribution in [3.8, 4) is 0 Å². The largest absolute Gasteiger partial charge is 0.358 e. The van der Waals surface area contributed by atoms with Crippen LogP contribution in [0.3, 0.4) is 0 Å². The Morgan fingerprint density at radius 1 is 1.12 bits per heavy atom. The Labute approximate surface area is 152 Å². The van der Waals surface area contributed by atoms with Crippen molar-refractivity contribution >= 4 is 50.0 Å². The maximum absolute atomic E-state index is 12.6. The Morgan fingerprint density at radius 2 is 1.92 bits per heavy atom. The Hall–Kier alpha value is -2.00. The van der Waals surface area contributed by atoms with Crippen molar-refractivity contribution in [1.29, 1.82) is 0 Å². The third-order valence-electron chi connectivity index (χ3n) is 4.07. The third-order valence-corrected chi connectivity index (χ3v) is 6.06. The summed E-state index contributed by atoms with van der Waals surface area (Å²) in [5, 5.41) is 1.46. The molecule has 4 rings (SSSR count). The number of aromatic nitrogens is 2. The molecule has 10 heteroatoms. The van der Waals surface area contributed by atoms with Gasteiger partial charge in [-0.2, -0.15) is 12.7 Å². The second-order valence-electron chi connectivity index (χ2n) is 5.72. The summed E-state index contributed by atoms with van der Waals surface area (Å²) < 4.78 is 29.1. The number of pyridine rings is 1. The van der Waals surface area contributed by atoms with Gasteiger partial charge in [-0.05, 0) is 17.2 Å². The van der Waals surface area contributed by atoms with Crippen molar-refractivity contribution < 1.29 is 8.42 Å². The molecular formula is C15H12Cl2N4O3S. The normalized spacial score (nSPS) is 16.6. The highest BCUT2D eigenvalue weighted by Gasteiger charge is 2.31. The molecule has 1 aliphatic heterocycles. The molecule has 7 nitrogen and oxygen atoms in total. The van der Waals surface area contributed by atoms with Crippen molar-refractivity contribution in [3.63, 3.8) is 0 Å². The summed E-state index contributed by atoms with van der Waals surface area (Å²) in [6.07, 6.45) is 3.06. The van der Waals surface area contributed by atoms with Gasteiger partial charge in [0.15, 0.2) is 0 Å². The molecule has 25 heavy (non-hydrogen) atoms. The topological polar surface area (TPSA) is 98.1 Å². The van der Waals surface area contributed by atoms with Crippen LogP contribution in [0.4, 0.5) is 5.69 Å². The van der Waals surface area contributed by atoms with E-state index in [-0.39, 0.29) is 18.6 Å². The number of hydrogen-bond donors (Lipinski definition) is 3. The van der Waals surface area contributed by atoms with E-state index in [0.717, 1.165) is 5.56 Å². The number of hydrogen-bond acceptors (Lipinski definition) is 3. The van der Waals surface area contributed by atoms with Crippen molar-refractivity contribution in [2.45, 2.75) is 13.1 Å². The average Bonchev–Trinajstić information content (AvgIpc) is 2.94. The minimum Gasteiger partial charge on any atom is -0.358 e. The minimum absolute atomic E-state index is 0.118. The molecule has 2 aromatic heterocycles. The van der Waals surface area contributed by atoms with Crippen LogP contribution in [-0.4, -0.2) is 22.7 Å². The van der Waals surface area contributed by atoms with Crippen LogP contribution in [0.15, 0.2) is 35.4 Å². The van der Waals surface area contributed by atoms with Crippen molar-refractivity contribution in [2.75, 3.05) is 4.72 Å². The number of benzene rings is 1. The highest BCUT2D eigenvalue weighted by molar-refractivity contribution is 7.90. The first kappa shape index (κ1) is 16.5. The molecule has 1 aliphatic rings. The van der Waals surface area contributed by atoms with E-state index in [1.165, 1.54) is 16.6 Å². The minimum atomic E-state index is -3.76. The number of aromatic amines is 2. The van der Waals surface area contributed by atoms with Crippen LogP contribution in [0, 0.1) is 0 Å². The van der Waals surface area contributed by atoms with Crippen LogP contribution in [0.2, 0.25) is 10.0 Å². The van der Waals surface area contributed by atoms with Crippen molar-refractivity contribution in [1.82, 2.24) is 14.3 Å². The fourth-order valence-corrected chi connectivity index (χ4v) is 4.76. The maximum Gasteiger partial charge on any atom is 0.302 e. The lowest BCUT2D eigenvalue weighted by Crippen LogP contribution is -2.39. The summed E-state index contributed by atoms with van der Waals surface area (Å²) in [6.45, 7) is 0.267. The lowest BCUT2D eigenvalue weighted by Gasteiger charge is -2.29. The molecule has 3 N–H and O–H groups in total. The number of nitrogens with one attached hydrogen (secondary N) is 3. The van der Waals surface area contributed by atoms with Gasteiger partial charge in [-0.3, -0.25) is 9.52 Å². The molecule has 0 unspecified atom stereocenters. The van der Waals surface area contributed by atoms with E-state index in [1.807, 2.05) is 0 Å². The van der Waals surface area contributed by atoms with E-state index in [4.69, 9.17) is 23.2 Å². The second-order valence-corrected chi connectivity index (χ2v) is 8.20. The van der Waals surface area contributed by atoms with Crippen molar-refractivity contribution in [3.05, 3.63) is 62.1 Å². The first-order valence-electron chi connectivity index (χ1n) is 7.28. The molecule has 0 saturated carbocycles. The molecule has 0 bridgehead atoms. The van der Waals surface area contributed by atoms with Gasteiger partial charge in [0.05, 0.1) is 21.2 Å². The maximum atomic E-state index is 12.6. The van der Waals surface area contributed by atoms with Gasteiger partial charge in [0.1, 0.15) is 0 Å². The van der Waals surface area contributed by atoms with Crippen LogP contribution < -0.4 is 10.3 Å². The quantitative estimate of drug-likeness (QED) is 0.618. The monoisotopic (exact) mass is 398 g/mol. The number of anilines is 1. The number of H-pyrrole nitrogens is 2. The van der Waals surface area contributed by atoms with Gasteiger partial charge in [-0.25, -0.2) is 0 Å². The standard InChI is InChI=1S/C15H12Cl2N4O3S/c16-10-3-9-7-21(6-8-1-2-12(22)18-4-8)25(23,24)20-14(9)15-13(10)11(17)5-19-15/h1-5,19-20H,6-7H2,(H,18,22). The zero-order valence-corrected chi connectivity index (χ0v) is 15.0. The van der Waals surface area contributed by atoms with Gasteiger partial charge < -0.3 is 9.97 Å². The molecule has 0 atom stereocenters. The molecule has 130 valence electrons. The molecule has 0 fully saturated rings. The number of rotatable bonds is 2. The predicted octanol–water partition coefficient (Wildman–Crippen LogP) is 2.84. The number of nitrogens with zero attached hydrogens (tertiary/aromatic N) is 1. The Bertz CT molecular complexity index is 1130. The van der Waals surface area contributed by atoms with E-state index in [0.29, 0.717) is 32.2 Å². The molecular weight excluding hydrogens is 387 g/mol. The van der Waals surface area contributed by atoms with Gasteiger partial charge >= 0.3 is 10.2 Å². The fourth-order valence-electron chi connectivity index (χ4n) is 2.88. The first-order chi connectivity index (χ1) is 11.8. The summed E-state index contributed by atoms with van der Waals surface area (Å²) in [6, 6.07) is 4.65. The van der Waals surface area contributed by atoms with Crippen LogP contribution in [0.1, 0.15) is 11.1 Å². The van der Waals surface area contributed by atoms with E-state index in [9.17, 15) is 13.2 Å². The molecule has 0 saturated heterocycles. The van der Waals surface area contributed by atoms with Crippen LogP contribution in [0.5, 0.6) is 0 Å². The Kier molecular flexibility index (Phi) is 3.80. The molecule has 0 aliphatic carbocycles. The Balaban J connectivity index is 1.77. The summed E-state index contributed by atoms with van der Waals surface area (Å²) >= 11 is 12.4. The summed E-state index contributed by atoms with van der Waals surface area (Å²) in [4.78, 5) is 16.6. The van der Waals surface area contributed by atoms with Gasteiger partial charge in [0.25, 0.3) is 0 Å². The van der Waals surface area contributed by atoms with Gasteiger partial charge in [-0.15, -0.1) is 0 Å². The van der Waals surface area contributed by atoms with E-state index < -0.39 is 10.2 Å². The number of halogens is 2. The molecule has 3 heterocycles. The molecule has 0 radical (unpaired) electrons. The highest BCUT2D eigenvalue weighted by atomic mass is 35.5. The predicted molar refractivity (Wildman–Crippen MR) is 97.2 cm³/mol. The van der Waals surface area contributed by atoms with E-state index in [1.54, 1.807) is 18.3 Å². The molecule has 0 spiro atoms. The lowest BCUT2D eigenvalue weighted by molar-refractivity contribution is 0.400. The van der Waals surface area contributed by atoms with Gasteiger partial charge in [0, 0.05) is 36.9 Å². The van der Waals surface area contributed by atoms with Crippen LogP contribution >= 0.6 is 23.2 Å². The van der Waals surface area contributed by atoms with E-state index in [2.05, 4.69) is 14.7 Å². The van der Waals surface area contributed by atoms with Gasteiger partial charge in [0.2, 0.25) is 5.56 Å². The zero-order valence-electron chi connectivity index (χ0n) is 12.6. The average molecular weight is 399 g/mol. The summed E-state index contributed by atoms with van der Waals surface area (Å²) in [5.74, 6) is 0. The summed E-state index contributed by atoms with van der Waals surface area (Å²) in [7, 11) is -3.76. The Morgan fingerprint density at radius 3 is 2.64 bits per heavy atom. The lowest BCUT2D eigenvalue weighted by atomic mass is 10.1.